The van der Waals surface area contributed by atoms with Crippen molar-refractivity contribution < 1.29 is 85.6 Å². The molecule has 7 rings (SSSR count). The average molecular weight is 1700 g/mol. The van der Waals surface area contributed by atoms with Crippen LogP contribution in [0.5, 0.6) is 0 Å². The van der Waals surface area contributed by atoms with Crippen molar-refractivity contribution in [3.8, 4) is 0 Å². The van der Waals surface area contributed by atoms with Crippen molar-refractivity contribution in [2.45, 2.75) is 528 Å². The van der Waals surface area contributed by atoms with Crippen LogP contribution in [-0.2, 0) is 85.6 Å². The second kappa shape index (κ2) is 53.4. The highest BCUT2D eigenvalue weighted by Crippen LogP contribution is 2.51. The Kier molecular flexibility index (Phi) is 50.1. The predicted molar refractivity (Wildman–Crippen MR) is 486 cm³/mol. The monoisotopic (exact) mass is 1700 g/mol. The topological polar surface area (TPSA) is 213 Å². The van der Waals surface area contributed by atoms with Crippen molar-refractivity contribution in [2.24, 2.45) is 84.2 Å². The van der Waals surface area contributed by atoms with E-state index in [2.05, 4.69) is 62.3 Å². The number of hydrogen-bond acceptors (Lipinski definition) is 18. The Labute approximate surface area is 736 Å². The van der Waals surface area contributed by atoms with E-state index in [1.807, 2.05) is 166 Å². The van der Waals surface area contributed by atoms with Gasteiger partial charge in [-0.05, 0) is 242 Å². The summed E-state index contributed by atoms with van der Waals surface area (Å²) < 4.78 is 70.5. The lowest BCUT2D eigenvalue weighted by atomic mass is 9.87. The van der Waals surface area contributed by atoms with Crippen LogP contribution in [0.1, 0.15) is 460 Å². The zero-order valence-corrected chi connectivity index (χ0v) is 83.8. The lowest BCUT2D eigenvalue weighted by Crippen LogP contribution is -2.41. The summed E-state index contributed by atoms with van der Waals surface area (Å²) in [5.41, 5.74) is -2.62. The van der Waals surface area contributed by atoms with Crippen LogP contribution in [0.2, 0.25) is 0 Å². The highest BCUT2D eigenvalue weighted by Gasteiger charge is 2.47. The normalized spacial score (nSPS) is 21.4. The smallest absolute Gasteiger partial charge is 0.313 e. The summed E-state index contributed by atoms with van der Waals surface area (Å²) in [5.74, 6) is 1.83. The summed E-state index contributed by atoms with van der Waals surface area (Å²) in [6.07, 6.45) is 39.1. The fourth-order valence-electron chi connectivity index (χ4n) is 14.8. The second-order valence-corrected chi connectivity index (χ2v) is 45.1. The summed E-state index contributed by atoms with van der Waals surface area (Å²) in [7, 11) is 0. The molecule has 0 N–H and O–H groups in total. The standard InChI is InChI=1S/2C19H34O3.C18H34O3.C17H32O3.C16H30O3.C13H26O3/c1-7-19(5,6)17(20)22-16(21-12-18(2,3)4)15-11-13-8-9-14(15)10-13;1-4-19(2,3)18(20)22-17(15-11-7-5-8-12-15)21-16-13-9-6-10-14-16;1-7-18(5,6)16(19)21-15(13-17(2,3)4)20-14-11-9-8-10-12-14;1-7-17(5,6)14(18)20-15(16(2,3)4)19-13-11-9-8-10-12-13;1-6-16(4,5)15(17)19-14(12(2)3)18-13-10-8-7-9-11-13;1-8-13(6,7)12(14)16-11(9(2)3)15-10(4)5/h13-16H,7-12H2,1-6H3;15-17H,4-14H2,1-3H3;14-15H,7-13H2,1-6H3;13,15H,7-12H2,1-6H3;12-14H,6-11H2,1-5H3;9-11H,8H2,1-7H3. The minimum absolute atomic E-state index is 0.0601. The molecule has 0 saturated heterocycles. The number of rotatable bonds is 35. The van der Waals surface area contributed by atoms with E-state index in [0.717, 1.165) is 115 Å². The number of carbonyl (C=O) groups excluding carboxylic acids is 6. The van der Waals surface area contributed by atoms with Gasteiger partial charge >= 0.3 is 35.8 Å². The molecular weight excluding hydrogens is 1510 g/mol. The molecule has 706 valence electrons. The van der Waals surface area contributed by atoms with Crippen molar-refractivity contribution in [1.29, 1.82) is 0 Å². The first-order valence-electron chi connectivity index (χ1n) is 48.7. The van der Waals surface area contributed by atoms with E-state index in [0.29, 0.717) is 30.5 Å². The first-order valence-corrected chi connectivity index (χ1v) is 48.7. The lowest BCUT2D eigenvalue weighted by molar-refractivity contribution is -0.228. The quantitative estimate of drug-likeness (QED) is 0.0328. The molecule has 18 heteroatoms. The Morgan fingerprint density at radius 2 is 0.642 bits per heavy atom. The van der Waals surface area contributed by atoms with Gasteiger partial charge in [0.05, 0.1) is 69.6 Å². The van der Waals surface area contributed by atoms with E-state index in [4.69, 9.17) is 56.8 Å². The number of carbonyl (C=O) groups is 6. The van der Waals surface area contributed by atoms with Gasteiger partial charge in [0.15, 0.2) is 0 Å². The summed E-state index contributed by atoms with van der Waals surface area (Å²) in [6.45, 7) is 67.0. The van der Waals surface area contributed by atoms with E-state index in [9.17, 15) is 28.8 Å². The molecule has 0 aromatic heterocycles. The van der Waals surface area contributed by atoms with Gasteiger partial charge in [-0.1, -0.05) is 234 Å². The summed E-state index contributed by atoms with van der Waals surface area (Å²) in [6, 6.07) is 0. The number of hydrogen-bond donors (Lipinski definition) is 0. The maximum absolute atomic E-state index is 12.5. The molecule has 7 aliphatic carbocycles. The van der Waals surface area contributed by atoms with E-state index in [1.165, 1.54) is 122 Å². The highest BCUT2D eigenvalue weighted by atomic mass is 16.7. The molecule has 0 spiro atoms. The van der Waals surface area contributed by atoms with Crippen molar-refractivity contribution in [3.05, 3.63) is 0 Å². The number of ether oxygens (including phenoxy) is 12. The van der Waals surface area contributed by atoms with E-state index >= 15 is 0 Å². The molecule has 9 unspecified atom stereocenters. The van der Waals surface area contributed by atoms with Gasteiger partial charge in [0, 0.05) is 35.5 Å². The lowest BCUT2D eigenvalue weighted by Gasteiger charge is -2.36. The molecule has 0 aromatic carbocycles. The number of fused-ring (bicyclic) bond motifs is 2. The Balaban J connectivity index is 0.000000490. The first-order chi connectivity index (χ1) is 55.5. The minimum Gasteiger partial charge on any atom is -0.435 e. The fourth-order valence-corrected chi connectivity index (χ4v) is 14.8. The molecule has 0 amide bonds. The van der Waals surface area contributed by atoms with Gasteiger partial charge in [-0.2, -0.15) is 0 Å². The van der Waals surface area contributed by atoms with Crippen molar-refractivity contribution in [3.63, 3.8) is 0 Å². The number of esters is 6. The van der Waals surface area contributed by atoms with E-state index < -0.39 is 57.7 Å². The van der Waals surface area contributed by atoms with E-state index in [-0.39, 0.29) is 101 Å². The van der Waals surface area contributed by atoms with Gasteiger partial charge in [-0.25, -0.2) is 0 Å². The maximum atomic E-state index is 12.5. The molecule has 18 nitrogen and oxygen atoms in total. The van der Waals surface area contributed by atoms with Crippen LogP contribution in [0.25, 0.3) is 0 Å². The molecule has 7 fully saturated rings. The third-order valence-electron chi connectivity index (χ3n) is 26.3. The van der Waals surface area contributed by atoms with Gasteiger partial charge in [0.25, 0.3) is 0 Å². The van der Waals surface area contributed by atoms with Crippen LogP contribution in [0, 0.1) is 84.2 Å². The Hall–Kier alpha value is -3.42. The Morgan fingerprint density at radius 1 is 0.317 bits per heavy atom. The van der Waals surface area contributed by atoms with Gasteiger partial charge in [0.2, 0.25) is 37.7 Å². The molecule has 2 bridgehead atoms. The van der Waals surface area contributed by atoms with Crippen molar-refractivity contribution in [2.75, 3.05) is 6.61 Å². The average Bonchev–Trinajstić information content (AvgIpc) is 1.64. The van der Waals surface area contributed by atoms with Crippen molar-refractivity contribution in [1.82, 2.24) is 0 Å². The van der Waals surface area contributed by atoms with Crippen LogP contribution in [-0.4, -0.2) is 111 Å². The summed E-state index contributed by atoms with van der Waals surface area (Å²) in [4.78, 5) is 73.6. The van der Waals surface area contributed by atoms with Gasteiger partial charge in [-0.3, -0.25) is 28.8 Å². The van der Waals surface area contributed by atoms with Gasteiger partial charge < -0.3 is 56.8 Å². The molecule has 0 heterocycles. The minimum atomic E-state index is -0.455. The third kappa shape index (κ3) is 43.4. The molecule has 7 aliphatic rings. The second-order valence-electron chi connectivity index (χ2n) is 45.1. The molecule has 0 radical (unpaired) electrons. The maximum Gasteiger partial charge on any atom is 0.313 e. The molecular formula is C102H190O18. The van der Waals surface area contributed by atoms with Crippen LogP contribution in [0.15, 0.2) is 0 Å². The zero-order chi connectivity index (χ0) is 91.4. The Bertz CT molecular complexity index is 2840. The Morgan fingerprint density at radius 3 is 0.967 bits per heavy atom. The molecule has 9 atom stereocenters. The third-order valence-corrected chi connectivity index (χ3v) is 26.3. The molecule has 0 aliphatic heterocycles. The summed E-state index contributed by atoms with van der Waals surface area (Å²) >= 11 is 0. The predicted octanol–water partition coefficient (Wildman–Crippen LogP) is 27.4. The largest absolute Gasteiger partial charge is 0.435 e. The fraction of sp³-hybridized carbons (Fsp3) is 0.941. The molecule has 0 aromatic rings. The van der Waals surface area contributed by atoms with Crippen LogP contribution in [0.3, 0.4) is 0 Å². The SMILES string of the molecule is CCC(C)(C)C(=O)OC(CC(C)(C)C)OC1CCCCC1.CCC(C)(C)C(=O)OC(OC(C)C)C(C)C.CCC(C)(C)C(=O)OC(OC1CCCCC1)C(C)(C)C.CCC(C)(C)C(=O)OC(OC1CCCCC1)C(C)C.CCC(C)(C)C(=O)OC(OC1CCCCC1)C1CCCCC1.CCC(C)(C)C(=O)OC(OCC(C)(C)C)C1CC2CCC1C2. The van der Waals surface area contributed by atoms with Crippen LogP contribution < -0.4 is 0 Å². The van der Waals surface area contributed by atoms with Crippen LogP contribution >= 0.6 is 0 Å². The molecule has 120 heavy (non-hydrogen) atoms. The van der Waals surface area contributed by atoms with Gasteiger partial charge in [0.1, 0.15) is 0 Å². The highest BCUT2D eigenvalue weighted by molar-refractivity contribution is 5.78. The zero-order valence-electron chi connectivity index (χ0n) is 83.8. The first kappa shape index (κ1) is 113. The van der Waals surface area contributed by atoms with Gasteiger partial charge in [-0.15, -0.1) is 0 Å². The summed E-state index contributed by atoms with van der Waals surface area (Å²) in [5, 5.41) is 0. The van der Waals surface area contributed by atoms with Crippen LogP contribution in [0.4, 0.5) is 0 Å². The van der Waals surface area contributed by atoms with Crippen molar-refractivity contribution >= 4 is 35.8 Å². The van der Waals surface area contributed by atoms with E-state index in [1.54, 1.807) is 0 Å². The molecule has 7 saturated carbocycles.